The Morgan fingerprint density at radius 3 is 0.626 bits per heavy atom. The largest absolute Gasteiger partial charge is 0.496 e. The van der Waals surface area contributed by atoms with Crippen molar-refractivity contribution >= 4 is 60.8 Å². The Labute approximate surface area is 599 Å². The summed E-state index contributed by atoms with van der Waals surface area (Å²) in [7, 11) is 8.57. The molecule has 10 heteroatoms. The third kappa shape index (κ3) is 26.4. The van der Waals surface area contributed by atoms with Crippen LogP contribution in [0, 0.1) is 29.6 Å². The van der Waals surface area contributed by atoms with Gasteiger partial charge in [-0.15, -0.1) is 0 Å². The van der Waals surface area contributed by atoms with Crippen molar-refractivity contribution in [1.82, 2.24) is 0 Å². The monoisotopic (exact) mass is 1350 g/mol. The first-order valence-electron chi connectivity index (χ1n) is 37.7. The zero-order valence-electron chi connectivity index (χ0n) is 63.8. The average molecular weight is 1360 g/mol. The minimum atomic E-state index is 0.392. The summed E-state index contributed by atoms with van der Waals surface area (Å²) in [5.41, 5.74) is 8.80. The summed E-state index contributed by atoms with van der Waals surface area (Å²) in [5, 5.41) is 0. The molecule has 0 amide bonds. The normalized spacial score (nSPS) is 13.3. The molecule has 0 heterocycles. The van der Waals surface area contributed by atoms with Crippen molar-refractivity contribution in [2.24, 2.45) is 29.6 Å². The van der Waals surface area contributed by atoms with E-state index in [-0.39, 0.29) is 0 Å². The number of unbranched alkanes of at least 4 members (excludes halogenated alkanes) is 5. The average Bonchev–Trinajstić information content (AvgIpc) is 0.825. The Morgan fingerprint density at radius 2 is 0.444 bits per heavy atom. The highest BCUT2D eigenvalue weighted by Crippen LogP contribution is 2.41. The Morgan fingerprint density at radius 1 is 0.263 bits per heavy atom. The molecule has 0 radical (unpaired) electrons. The first-order valence-corrected chi connectivity index (χ1v) is 37.7. The van der Waals surface area contributed by atoms with Gasteiger partial charge in [-0.05, 0) is 122 Å². The van der Waals surface area contributed by atoms with Crippen LogP contribution >= 0.6 is 0 Å². The van der Waals surface area contributed by atoms with Crippen LogP contribution in [0.4, 0.5) is 0 Å². The van der Waals surface area contributed by atoms with Crippen molar-refractivity contribution in [3.8, 4) is 57.5 Å². The molecule has 0 saturated carbocycles. The van der Waals surface area contributed by atoms with Gasteiger partial charge in [-0.2, -0.15) is 0 Å². The molecule has 0 bridgehead atoms. The van der Waals surface area contributed by atoms with Crippen molar-refractivity contribution in [2.45, 2.75) is 198 Å². The predicted molar refractivity (Wildman–Crippen MR) is 424 cm³/mol. The molecule has 0 aliphatic heterocycles. The molecule has 0 aliphatic rings. The van der Waals surface area contributed by atoms with E-state index in [0.717, 1.165) is 205 Å². The van der Waals surface area contributed by atoms with Crippen molar-refractivity contribution in [3.63, 3.8) is 0 Å². The Kier molecular flexibility index (Phi) is 38.6. The molecule has 99 heavy (non-hydrogen) atoms. The van der Waals surface area contributed by atoms with Crippen LogP contribution in [-0.4, -0.2) is 68.6 Å². The fourth-order valence-corrected chi connectivity index (χ4v) is 12.2. The molecule has 5 atom stereocenters. The molecular formula is C89H126O10. The van der Waals surface area contributed by atoms with E-state index in [0.29, 0.717) is 79.9 Å². The highest BCUT2D eigenvalue weighted by atomic mass is 16.5. The summed E-state index contributed by atoms with van der Waals surface area (Å²) in [6, 6.07) is 20.7. The van der Waals surface area contributed by atoms with Crippen molar-refractivity contribution in [3.05, 3.63) is 142 Å². The third-order valence-electron chi connectivity index (χ3n) is 19.3. The molecule has 542 valence electrons. The van der Waals surface area contributed by atoms with Gasteiger partial charge in [0.1, 0.15) is 57.5 Å². The lowest BCUT2D eigenvalue weighted by Gasteiger charge is -2.20. The second kappa shape index (κ2) is 46.6. The predicted octanol–water partition coefficient (Wildman–Crippen LogP) is 25.2. The molecular weight excluding hydrogens is 1230 g/mol. The molecule has 0 aliphatic carbocycles. The van der Waals surface area contributed by atoms with Gasteiger partial charge in [0.2, 0.25) is 0 Å². The quantitative estimate of drug-likeness (QED) is 0.0277. The maximum absolute atomic E-state index is 6.98. The number of hydrogen-bond acceptors (Lipinski definition) is 10. The Bertz CT molecular complexity index is 3340. The van der Waals surface area contributed by atoms with E-state index in [1.165, 1.54) is 19.3 Å². The lowest BCUT2D eigenvalue weighted by molar-refractivity contribution is 0.232. The molecule has 0 spiro atoms. The van der Waals surface area contributed by atoms with Gasteiger partial charge in [-0.3, -0.25) is 0 Å². The van der Waals surface area contributed by atoms with Crippen molar-refractivity contribution in [1.29, 1.82) is 0 Å². The van der Waals surface area contributed by atoms with Crippen LogP contribution in [0.1, 0.15) is 253 Å². The molecule has 0 saturated heterocycles. The van der Waals surface area contributed by atoms with E-state index in [1.54, 1.807) is 41.6 Å². The van der Waals surface area contributed by atoms with E-state index < -0.39 is 0 Å². The number of ether oxygens (including phenoxy) is 10. The Hall–Kier alpha value is -7.72. The van der Waals surface area contributed by atoms with Gasteiger partial charge in [-0.1, -0.05) is 252 Å². The number of benzene rings is 5. The summed E-state index contributed by atoms with van der Waals surface area (Å²) in [4.78, 5) is 0. The molecule has 10 nitrogen and oxygen atoms in total. The summed E-state index contributed by atoms with van der Waals surface area (Å²) in [6.45, 7) is 33.5. The van der Waals surface area contributed by atoms with Crippen LogP contribution in [0.25, 0.3) is 60.8 Å². The van der Waals surface area contributed by atoms with Crippen LogP contribution in [0.5, 0.6) is 57.5 Å². The summed E-state index contributed by atoms with van der Waals surface area (Å²) in [5.74, 6) is 9.51. The van der Waals surface area contributed by atoms with Gasteiger partial charge < -0.3 is 47.4 Å². The molecule has 0 N–H and O–H groups in total. The first kappa shape index (κ1) is 82.0. The van der Waals surface area contributed by atoms with E-state index in [4.69, 9.17) is 47.4 Å². The highest BCUT2D eigenvalue weighted by molar-refractivity contribution is 5.85. The van der Waals surface area contributed by atoms with Crippen LogP contribution in [0.3, 0.4) is 0 Å². The number of methoxy groups -OCH3 is 5. The van der Waals surface area contributed by atoms with E-state index >= 15 is 0 Å². The van der Waals surface area contributed by atoms with Crippen LogP contribution < -0.4 is 47.4 Å². The first-order chi connectivity index (χ1) is 48.3. The van der Waals surface area contributed by atoms with Crippen LogP contribution in [0.2, 0.25) is 0 Å². The molecule has 5 rings (SSSR count). The molecule has 0 aromatic heterocycles. The van der Waals surface area contributed by atoms with Gasteiger partial charge in [0.15, 0.2) is 0 Å². The molecule has 0 fully saturated rings. The maximum atomic E-state index is 6.98. The molecule has 5 aromatic rings. The van der Waals surface area contributed by atoms with Gasteiger partial charge >= 0.3 is 0 Å². The third-order valence-corrected chi connectivity index (χ3v) is 19.3. The van der Waals surface area contributed by atoms with Crippen LogP contribution in [0.15, 0.2) is 86.0 Å². The fourth-order valence-electron chi connectivity index (χ4n) is 12.2. The van der Waals surface area contributed by atoms with Crippen molar-refractivity contribution < 1.29 is 47.4 Å². The minimum Gasteiger partial charge on any atom is -0.496 e. The van der Waals surface area contributed by atoms with Gasteiger partial charge in [0.25, 0.3) is 0 Å². The summed E-state index contributed by atoms with van der Waals surface area (Å²) < 4.78 is 64.8. The minimum absolute atomic E-state index is 0.392. The van der Waals surface area contributed by atoms with Gasteiger partial charge in [-0.25, -0.2) is 0 Å². The Balaban J connectivity index is 1.66. The van der Waals surface area contributed by atoms with Gasteiger partial charge in [0, 0.05) is 55.6 Å². The zero-order chi connectivity index (χ0) is 71.7. The second-order valence-corrected chi connectivity index (χ2v) is 26.4. The van der Waals surface area contributed by atoms with Crippen molar-refractivity contribution in [2.75, 3.05) is 68.6 Å². The number of allylic oxidation sites excluding steroid dienone is 2. The lowest BCUT2D eigenvalue weighted by Crippen LogP contribution is -2.12. The molecule has 5 aromatic carbocycles. The fraction of sp³-hybridized carbons (Fsp3) is 0.506. The summed E-state index contributed by atoms with van der Waals surface area (Å²) >= 11 is 0. The van der Waals surface area contributed by atoms with E-state index in [9.17, 15) is 0 Å². The number of hydrogen-bond donors (Lipinski definition) is 0. The van der Waals surface area contributed by atoms with Gasteiger partial charge in [0.05, 0.1) is 68.6 Å². The molecule has 5 unspecified atom stereocenters. The number of rotatable bonds is 51. The topological polar surface area (TPSA) is 92.3 Å². The standard InChI is InChI=1S/C89H126O10/c1-18-30-36-65(24-7)60-95-85-56-72(80(90-13)50-70(85)29-12)42-46-77-52-82(92-15)74(58-87(77)97-62-67(26-9)38-32-20-3)44-48-79-54-84(94-17)75(59-89(79)99-64-69(28-11)40-34-22-5)45-49-78-53-83(93-16)73(57-88(78)98-63-68(27-10)39-33-21-4)43-47-76-51-81(91-14)71(41-35-23-6)55-86(76)96-61-66(25-8)37-31-19-2/h23,29,35,41-59,65-69H,6,12,18-22,24-28,30-34,36-40,60-64H2,1-5,7-11,13-17H3/b41-35+,46-42+,47-43+,48-44+,49-45+. The highest BCUT2D eigenvalue weighted by Gasteiger charge is 2.20. The second-order valence-electron chi connectivity index (χ2n) is 26.4. The SMILES string of the molecule is C=C/C=C/c1cc(OCC(CC)CCCC)c(/C=C/c2cc(OCC(CC)CCCC)c(/C=C/c3cc(OCC(CC)CCCC)c(/C=C/c4cc(OCC(CC)CCCC)c(/C=C/c5cc(OCC(CC)CCCC)c(C=C)cc5OC)cc4OC)cc3OC)cc2OC)cc1OC. The smallest absolute Gasteiger partial charge is 0.127 e. The summed E-state index contributed by atoms with van der Waals surface area (Å²) in [6.07, 6.45) is 46.5. The van der Waals surface area contributed by atoms with Crippen LogP contribution in [-0.2, 0) is 0 Å². The zero-order valence-corrected chi connectivity index (χ0v) is 63.8. The maximum Gasteiger partial charge on any atom is 0.127 e. The van der Waals surface area contributed by atoms with E-state index in [2.05, 4.69) is 180 Å². The van der Waals surface area contributed by atoms with E-state index in [1.807, 2.05) is 30.4 Å². The lowest BCUT2D eigenvalue weighted by atomic mass is 9.99.